The van der Waals surface area contributed by atoms with Crippen LogP contribution in [-0.2, 0) is 9.47 Å². The molecule has 2 amide bonds. The highest BCUT2D eigenvalue weighted by Gasteiger charge is 2.38. The molecule has 2 atom stereocenters. The van der Waals surface area contributed by atoms with Crippen molar-refractivity contribution in [1.82, 2.24) is 10.4 Å². The largest absolute Gasteiger partial charge is 0.497 e. The van der Waals surface area contributed by atoms with E-state index in [1.54, 1.807) is 21.0 Å². The van der Waals surface area contributed by atoms with Crippen LogP contribution in [0.5, 0.6) is 11.5 Å². The monoisotopic (exact) mass is 444 g/mol. The SMILES string of the molecule is CCOC(=O)NN(C(=O)OCC)[C@H]1C=C[C@@H](Oc2ccc(OC)cc2)C1=C1CCCCC1. The summed E-state index contributed by atoms with van der Waals surface area (Å²) in [6.07, 6.45) is 7.31. The van der Waals surface area contributed by atoms with E-state index in [-0.39, 0.29) is 19.3 Å². The predicted molar refractivity (Wildman–Crippen MR) is 119 cm³/mol. The molecule has 8 nitrogen and oxygen atoms in total. The van der Waals surface area contributed by atoms with Crippen molar-refractivity contribution in [3.8, 4) is 11.5 Å². The van der Waals surface area contributed by atoms with E-state index in [1.165, 1.54) is 17.0 Å². The molecule has 3 rings (SSSR count). The molecular formula is C24H32N2O6. The number of hydrogen-bond acceptors (Lipinski definition) is 6. The molecule has 1 aromatic carbocycles. The van der Waals surface area contributed by atoms with Crippen LogP contribution in [0, 0.1) is 0 Å². The molecule has 174 valence electrons. The number of carbonyl (C=O) groups excluding carboxylic acids is 2. The van der Waals surface area contributed by atoms with Crippen LogP contribution in [0.3, 0.4) is 0 Å². The van der Waals surface area contributed by atoms with Crippen molar-refractivity contribution in [3.05, 3.63) is 47.6 Å². The summed E-state index contributed by atoms with van der Waals surface area (Å²) in [6, 6.07) is 6.86. The second-order valence-electron chi connectivity index (χ2n) is 7.56. The number of ether oxygens (including phenoxy) is 4. The van der Waals surface area contributed by atoms with Crippen molar-refractivity contribution in [2.45, 2.75) is 58.1 Å². The zero-order valence-electron chi connectivity index (χ0n) is 19.0. The highest BCUT2D eigenvalue weighted by Crippen LogP contribution is 2.36. The Balaban J connectivity index is 1.90. The van der Waals surface area contributed by atoms with Crippen LogP contribution in [0.25, 0.3) is 0 Å². The fourth-order valence-electron chi connectivity index (χ4n) is 4.07. The summed E-state index contributed by atoms with van der Waals surface area (Å²) in [5.74, 6) is 1.44. The maximum Gasteiger partial charge on any atom is 0.429 e. The normalized spacial score (nSPS) is 20.0. The minimum atomic E-state index is -0.707. The molecule has 0 radical (unpaired) electrons. The van der Waals surface area contributed by atoms with Gasteiger partial charge in [-0.3, -0.25) is 0 Å². The average molecular weight is 445 g/mol. The van der Waals surface area contributed by atoms with E-state index in [9.17, 15) is 9.59 Å². The Morgan fingerprint density at radius 3 is 2.25 bits per heavy atom. The van der Waals surface area contributed by atoms with Crippen molar-refractivity contribution in [3.63, 3.8) is 0 Å². The molecule has 1 saturated carbocycles. The number of methoxy groups -OCH3 is 1. The molecule has 2 aliphatic rings. The lowest BCUT2D eigenvalue weighted by molar-refractivity contribution is 0.0673. The fourth-order valence-corrected chi connectivity index (χ4v) is 4.07. The molecule has 0 aromatic heterocycles. The Bertz CT molecular complexity index is 841. The molecule has 0 aliphatic heterocycles. The molecule has 32 heavy (non-hydrogen) atoms. The van der Waals surface area contributed by atoms with Gasteiger partial charge >= 0.3 is 12.2 Å². The van der Waals surface area contributed by atoms with Gasteiger partial charge in [0.2, 0.25) is 0 Å². The van der Waals surface area contributed by atoms with Gasteiger partial charge in [0.05, 0.1) is 20.3 Å². The van der Waals surface area contributed by atoms with Gasteiger partial charge in [0.15, 0.2) is 0 Å². The Morgan fingerprint density at radius 2 is 1.62 bits per heavy atom. The van der Waals surface area contributed by atoms with Gasteiger partial charge in [0.1, 0.15) is 23.6 Å². The lowest BCUT2D eigenvalue weighted by atomic mass is 9.88. The first kappa shape index (κ1) is 23.5. The molecule has 1 fully saturated rings. The highest BCUT2D eigenvalue weighted by atomic mass is 16.6. The average Bonchev–Trinajstić information content (AvgIpc) is 3.22. The minimum absolute atomic E-state index is 0.188. The number of allylic oxidation sites excluding steroid dienone is 1. The van der Waals surface area contributed by atoms with Crippen molar-refractivity contribution >= 4 is 12.2 Å². The number of amides is 2. The Morgan fingerprint density at radius 1 is 0.969 bits per heavy atom. The van der Waals surface area contributed by atoms with E-state index < -0.39 is 18.2 Å². The Hall–Kier alpha value is -3.16. The summed E-state index contributed by atoms with van der Waals surface area (Å²) in [5.41, 5.74) is 4.77. The van der Waals surface area contributed by atoms with Crippen LogP contribution in [0.15, 0.2) is 47.6 Å². The van der Waals surface area contributed by atoms with Gasteiger partial charge in [-0.1, -0.05) is 18.1 Å². The van der Waals surface area contributed by atoms with Crippen LogP contribution in [0.2, 0.25) is 0 Å². The quantitative estimate of drug-likeness (QED) is 0.503. The smallest absolute Gasteiger partial charge is 0.429 e. The van der Waals surface area contributed by atoms with Crippen molar-refractivity contribution in [1.29, 1.82) is 0 Å². The number of nitrogens with zero attached hydrogens (tertiary/aromatic N) is 1. The third-order valence-corrected chi connectivity index (χ3v) is 5.51. The van der Waals surface area contributed by atoms with E-state index in [2.05, 4.69) is 5.43 Å². The lowest BCUT2D eigenvalue weighted by Crippen LogP contribution is -2.52. The number of benzene rings is 1. The van der Waals surface area contributed by atoms with E-state index in [0.29, 0.717) is 5.75 Å². The zero-order chi connectivity index (χ0) is 22.9. The second kappa shape index (κ2) is 11.5. The molecule has 2 aliphatic carbocycles. The van der Waals surface area contributed by atoms with Gasteiger partial charge in [-0.05, 0) is 69.9 Å². The molecule has 1 N–H and O–H groups in total. The summed E-state index contributed by atoms with van der Waals surface area (Å²) in [4.78, 5) is 24.9. The summed E-state index contributed by atoms with van der Waals surface area (Å²) >= 11 is 0. The number of hydrazine groups is 1. The molecule has 0 spiro atoms. The minimum Gasteiger partial charge on any atom is -0.497 e. The zero-order valence-corrected chi connectivity index (χ0v) is 19.0. The van der Waals surface area contributed by atoms with Gasteiger partial charge in [-0.15, -0.1) is 0 Å². The summed E-state index contributed by atoms with van der Waals surface area (Å²) < 4.78 is 21.7. The summed E-state index contributed by atoms with van der Waals surface area (Å²) in [7, 11) is 1.62. The first-order chi connectivity index (χ1) is 15.6. The predicted octanol–water partition coefficient (Wildman–Crippen LogP) is 4.76. The molecule has 0 saturated heterocycles. The number of carbonyl (C=O) groups is 2. The second-order valence-corrected chi connectivity index (χ2v) is 7.56. The standard InChI is InChI=1S/C24H32N2O6/c1-4-30-23(27)25-26(24(28)31-5-2)20-15-16-21(22(20)17-9-7-6-8-10-17)32-19-13-11-18(29-3)12-14-19/h11-16,20-21H,4-10H2,1-3H3,(H,25,27)/t20-,21+/m0/s1. The summed E-state index contributed by atoms with van der Waals surface area (Å²) in [6.45, 7) is 3.81. The van der Waals surface area contributed by atoms with Gasteiger partial charge in [-0.25, -0.2) is 20.0 Å². The number of hydrogen-bond donors (Lipinski definition) is 1. The van der Waals surface area contributed by atoms with Crippen LogP contribution >= 0.6 is 0 Å². The maximum atomic E-state index is 12.8. The van der Waals surface area contributed by atoms with E-state index in [0.717, 1.165) is 37.0 Å². The van der Waals surface area contributed by atoms with Gasteiger partial charge in [0.25, 0.3) is 0 Å². The van der Waals surface area contributed by atoms with Crippen molar-refractivity contribution < 1.29 is 28.5 Å². The van der Waals surface area contributed by atoms with Crippen LogP contribution in [-0.4, -0.2) is 49.7 Å². The van der Waals surface area contributed by atoms with Gasteiger partial charge in [-0.2, -0.15) is 0 Å². The van der Waals surface area contributed by atoms with Gasteiger partial charge < -0.3 is 18.9 Å². The first-order valence-electron chi connectivity index (χ1n) is 11.2. The van der Waals surface area contributed by atoms with E-state index >= 15 is 0 Å². The number of rotatable bonds is 6. The van der Waals surface area contributed by atoms with Crippen molar-refractivity contribution in [2.75, 3.05) is 20.3 Å². The molecule has 0 bridgehead atoms. The third kappa shape index (κ3) is 5.75. The molecule has 1 aromatic rings. The first-order valence-corrected chi connectivity index (χ1v) is 11.2. The third-order valence-electron chi connectivity index (χ3n) is 5.51. The fraction of sp³-hybridized carbons (Fsp3) is 0.500. The molecule has 0 unspecified atom stereocenters. The maximum absolute atomic E-state index is 12.8. The topological polar surface area (TPSA) is 86.3 Å². The lowest BCUT2D eigenvalue weighted by Gasteiger charge is -2.32. The molecule has 8 heteroatoms. The molecular weight excluding hydrogens is 412 g/mol. The Labute approximate surface area is 189 Å². The molecule has 0 heterocycles. The van der Waals surface area contributed by atoms with E-state index in [1.807, 2.05) is 36.4 Å². The van der Waals surface area contributed by atoms with Crippen LogP contribution in [0.4, 0.5) is 9.59 Å². The van der Waals surface area contributed by atoms with E-state index in [4.69, 9.17) is 18.9 Å². The van der Waals surface area contributed by atoms with Crippen molar-refractivity contribution in [2.24, 2.45) is 0 Å². The number of nitrogens with one attached hydrogen (secondary N) is 1. The van der Waals surface area contributed by atoms with Crippen LogP contribution < -0.4 is 14.9 Å². The van der Waals surface area contributed by atoms with Gasteiger partial charge in [0, 0.05) is 5.57 Å². The summed E-state index contributed by atoms with van der Waals surface area (Å²) in [5, 5.41) is 1.20. The highest BCUT2D eigenvalue weighted by molar-refractivity contribution is 5.75. The Kier molecular flexibility index (Phi) is 8.41. The van der Waals surface area contributed by atoms with Crippen LogP contribution in [0.1, 0.15) is 46.0 Å².